The molecule has 0 saturated carbocycles. The standard InChI is InChI=1S/C13H14F3NO/c1-3-4-7-18-12-6-5-10(9-17-2)8-11(12)13(14,15)16/h5-6,8,17H,7,9H2,1-2H3. The normalized spacial score (nSPS) is 10.7. The Morgan fingerprint density at radius 3 is 2.61 bits per heavy atom. The van der Waals surface area contributed by atoms with E-state index in [-0.39, 0.29) is 12.4 Å². The van der Waals surface area contributed by atoms with Gasteiger partial charge in [-0.25, -0.2) is 0 Å². The Balaban J connectivity index is 3.03. The number of hydrogen-bond donors (Lipinski definition) is 1. The van der Waals surface area contributed by atoms with Crippen LogP contribution in [0.5, 0.6) is 5.75 Å². The summed E-state index contributed by atoms with van der Waals surface area (Å²) in [5.41, 5.74) is -0.216. The average Bonchev–Trinajstić information content (AvgIpc) is 2.30. The van der Waals surface area contributed by atoms with Gasteiger partial charge >= 0.3 is 6.18 Å². The maximum atomic E-state index is 12.8. The summed E-state index contributed by atoms with van der Waals surface area (Å²) in [6, 6.07) is 4.01. The molecule has 0 aliphatic rings. The minimum absolute atomic E-state index is 0.0506. The third kappa shape index (κ3) is 3.97. The van der Waals surface area contributed by atoms with Crippen molar-refractivity contribution in [2.75, 3.05) is 13.7 Å². The molecular weight excluding hydrogens is 243 g/mol. The summed E-state index contributed by atoms with van der Waals surface area (Å²) in [5.74, 6) is 4.94. The topological polar surface area (TPSA) is 21.3 Å². The van der Waals surface area contributed by atoms with E-state index in [4.69, 9.17) is 4.74 Å². The quantitative estimate of drug-likeness (QED) is 0.837. The number of alkyl halides is 3. The Labute approximate surface area is 104 Å². The maximum absolute atomic E-state index is 12.8. The molecule has 0 unspecified atom stereocenters. The molecule has 0 aliphatic heterocycles. The number of halogens is 3. The van der Waals surface area contributed by atoms with Gasteiger partial charge in [-0.1, -0.05) is 12.0 Å². The smallest absolute Gasteiger partial charge is 0.419 e. The molecule has 0 bridgehead atoms. The zero-order chi connectivity index (χ0) is 13.6. The third-order valence-electron chi connectivity index (χ3n) is 2.21. The average molecular weight is 257 g/mol. The number of rotatable bonds is 4. The lowest BCUT2D eigenvalue weighted by Gasteiger charge is -2.14. The van der Waals surface area contributed by atoms with Crippen LogP contribution in [0.25, 0.3) is 0 Å². The van der Waals surface area contributed by atoms with Crippen molar-refractivity contribution >= 4 is 0 Å². The van der Waals surface area contributed by atoms with E-state index in [1.807, 2.05) is 0 Å². The van der Waals surface area contributed by atoms with Crippen LogP contribution in [0.4, 0.5) is 13.2 Å². The molecule has 0 atom stereocenters. The molecule has 18 heavy (non-hydrogen) atoms. The van der Waals surface area contributed by atoms with Crippen molar-refractivity contribution in [1.29, 1.82) is 0 Å². The zero-order valence-electron chi connectivity index (χ0n) is 10.2. The third-order valence-corrected chi connectivity index (χ3v) is 2.21. The fourth-order valence-electron chi connectivity index (χ4n) is 1.42. The number of ether oxygens (including phenoxy) is 1. The van der Waals surface area contributed by atoms with E-state index >= 15 is 0 Å². The second kappa shape index (κ2) is 6.31. The summed E-state index contributed by atoms with van der Waals surface area (Å²) >= 11 is 0. The second-order valence-electron chi connectivity index (χ2n) is 3.57. The van der Waals surface area contributed by atoms with Gasteiger partial charge in [0.05, 0.1) is 5.56 Å². The number of hydrogen-bond acceptors (Lipinski definition) is 2. The largest absolute Gasteiger partial charge is 0.480 e. The highest BCUT2D eigenvalue weighted by atomic mass is 19.4. The minimum atomic E-state index is -4.43. The van der Waals surface area contributed by atoms with Crippen LogP contribution < -0.4 is 10.1 Å². The molecule has 0 radical (unpaired) electrons. The summed E-state index contributed by atoms with van der Waals surface area (Å²) in [4.78, 5) is 0. The van der Waals surface area contributed by atoms with E-state index in [1.54, 1.807) is 20.0 Å². The van der Waals surface area contributed by atoms with E-state index in [2.05, 4.69) is 17.2 Å². The van der Waals surface area contributed by atoms with E-state index < -0.39 is 11.7 Å². The predicted molar refractivity (Wildman–Crippen MR) is 63.2 cm³/mol. The van der Waals surface area contributed by atoms with Crippen molar-refractivity contribution < 1.29 is 17.9 Å². The highest BCUT2D eigenvalue weighted by molar-refractivity contribution is 5.39. The molecule has 0 aromatic heterocycles. The van der Waals surface area contributed by atoms with Crippen molar-refractivity contribution in [3.05, 3.63) is 29.3 Å². The molecule has 1 aromatic carbocycles. The van der Waals surface area contributed by atoms with Crippen LogP contribution in [0.3, 0.4) is 0 Å². The monoisotopic (exact) mass is 257 g/mol. The fourth-order valence-corrected chi connectivity index (χ4v) is 1.42. The van der Waals surface area contributed by atoms with Gasteiger partial charge in [-0.2, -0.15) is 13.2 Å². The molecule has 1 rings (SSSR count). The molecule has 5 heteroatoms. The van der Waals surface area contributed by atoms with Gasteiger partial charge in [-0.15, -0.1) is 5.92 Å². The van der Waals surface area contributed by atoms with Crippen LogP contribution >= 0.6 is 0 Å². The second-order valence-corrected chi connectivity index (χ2v) is 3.57. The van der Waals surface area contributed by atoms with Gasteiger partial charge in [0.15, 0.2) is 0 Å². The van der Waals surface area contributed by atoms with E-state index in [9.17, 15) is 13.2 Å². The van der Waals surface area contributed by atoms with E-state index in [1.165, 1.54) is 6.07 Å². The van der Waals surface area contributed by atoms with Crippen molar-refractivity contribution in [1.82, 2.24) is 5.32 Å². The molecule has 1 N–H and O–H groups in total. The fraction of sp³-hybridized carbons (Fsp3) is 0.385. The first-order valence-electron chi connectivity index (χ1n) is 5.36. The molecule has 0 amide bonds. The minimum Gasteiger partial charge on any atom is -0.480 e. The first-order valence-corrected chi connectivity index (χ1v) is 5.36. The molecule has 0 fully saturated rings. The Kier molecular flexibility index (Phi) is 5.05. The Bertz CT molecular complexity index is 458. The van der Waals surface area contributed by atoms with Crippen molar-refractivity contribution in [2.24, 2.45) is 0 Å². The van der Waals surface area contributed by atoms with Gasteiger partial charge in [-0.3, -0.25) is 0 Å². The zero-order valence-corrected chi connectivity index (χ0v) is 10.2. The molecule has 0 saturated heterocycles. The van der Waals surface area contributed by atoms with Crippen LogP contribution in [0.1, 0.15) is 18.1 Å². The lowest BCUT2D eigenvalue weighted by Crippen LogP contribution is -2.12. The molecule has 0 heterocycles. The van der Waals surface area contributed by atoms with Crippen molar-refractivity contribution in [3.63, 3.8) is 0 Å². The van der Waals surface area contributed by atoms with Gasteiger partial charge in [0.25, 0.3) is 0 Å². The lowest BCUT2D eigenvalue weighted by molar-refractivity contribution is -0.138. The SMILES string of the molecule is CC#CCOc1ccc(CNC)cc1C(F)(F)F. The van der Waals surface area contributed by atoms with Crippen LogP contribution in [-0.2, 0) is 12.7 Å². The molecule has 0 spiro atoms. The first-order chi connectivity index (χ1) is 8.49. The van der Waals surface area contributed by atoms with Gasteiger partial charge in [0.2, 0.25) is 0 Å². The maximum Gasteiger partial charge on any atom is 0.419 e. The Morgan fingerprint density at radius 2 is 2.06 bits per heavy atom. The summed E-state index contributed by atoms with van der Waals surface area (Å²) in [5, 5.41) is 2.80. The highest BCUT2D eigenvalue weighted by Crippen LogP contribution is 2.36. The van der Waals surface area contributed by atoms with Crippen molar-refractivity contribution in [2.45, 2.75) is 19.6 Å². The molecule has 1 aromatic rings. The Hall–Kier alpha value is -1.67. The van der Waals surface area contributed by atoms with Crippen molar-refractivity contribution in [3.8, 4) is 17.6 Å². The van der Waals surface area contributed by atoms with E-state index in [0.29, 0.717) is 12.1 Å². The molecule has 2 nitrogen and oxygen atoms in total. The summed E-state index contributed by atoms with van der Waals surface area (Å²) in [6.45, 7) is 1.92. The number of benzene rings is 1. The number of nitrogens with one attached hydrogen (secondary N) is 1. The Morgan fingerprint density at radius 1 is 1.33 bits per heavy atom. The summed E-state index contributed by atoms with van der Waals surface area (Å²) in [7, 11) is 1.68. The van der Waals surface area contributed by atoms with Gasteiger partial charge in [-0.05, 0) is 31.7 Å². The van der Waals surface area contributed by atoms with Gasteiger partial charge in [0.1, 0.15) is 12.4 Å². The predicted octanol–water partition coefficient (Wildman–Crippen LogP) is 2.83. The highest BCUT2D eigenvalue weighted by Gasteiger charge is 2.34. The van der Waals surface area contributed by atoms with Gasteiger partial charge in [0, 0.05) is 6.54 Å². The molecule has 0 aliphatic carbocycles. The van der Waals surface area contributed by atoms with Crippen LogP contribution in [0.2, 0.25) is 0 Å². The molecule has 98 valence electrons. The van der Waals surface area contributed by atoms with Gasteiger partial charge < -0.3 is 10.1 Å². The lowest BCUT2D eigenvalue weighted by atomic mass is 10.1. The molecular formula is C13H14F3NO. The van der Waals surface area contributed by atoms with Crippen LogP contribution in [0.15, 0.2) is 18.2 Å². The van der Waals surface area contributed by atoms with Crippen LogP contribution in [-0.4, -0.2) is 13.7 Å². The summed E-state index contributed by atoms with van der Waals surface area (Å²) < 4.78 is 43.5. The van der Waals surface area contributed by atoms with Crippen LogP contribution in [0, 0.1) is 11.8 Å². The first kappa shape index (κ1) is 14.4. The van der Waals surface area contributed by atoms with E-state index in [0.717, 1.165) is 6.07 Å². The summed E-state index contributed by atoms with van der Waals surface area (Å²) in [6.07, 6.45) is -4.43.